The van der Waals surface area contributed by atoms with E-state index in [0.717, 1.165) is 11.8 Å². The molecule has 3 rings (SSSR count). The fourth-order valence-electron chi connectivity index (χ4n) is 2.34. The van der Waals surface area contributed by atoms with Crippen molar-refractivity contribution in [1.29, 1.82) is 0 Å². The van der Waals surface area contributed by atoms with Crippen molar-refractivity contribution in [2.24, 2.45) is 0 Å². The highest BCUT2D eigenvalue weighted by molar-refractivity contribution is 8.13. The first-order valence-electron chi connectivity index (χ1n) is 8.68. The normalized spacial score (nSPS) is 10.3. The summed E-state index contributed by atoms with van der Waals surface area (Å²) in [7, 11) is 3.34. The van der Waals surface area contributed by atoms with E-state index < -0.39 is 0 Å². The molecule has 0 aliphatic rings. The highest BCUT2D eigenvalue weighted by Crippen LogP contribution is 2.29. The summed E-state index contributed by atoms with van der Waals surface area (Å²) in [6.07, 6.45) is 1.42. The van der Waals surface area contributed by atoms with Crippen molar-refractivity contribution in [2.75, 3.05) is 24.7 Å². The number of carbonyl (C=O) groups is 3. The van der Waals surface area contributed by atoms with Crippen LogP contribution in [0.3, 0.4) is 0 Å². The SMILES string of the molecule is CN(C)C(=O)Sc1ccccc1NC(=O)c1ccc(NC(=O)c2ccco2)cc1. The summed E-state index contributed by atoms with van der Waals surface area (Å²) in [6.45, 7) is 0. The lowest BCUT2D eigenvalue weighted by molar-refractivity contribution is 0.0995. The van der Waals surface area contributed by atoms with Gasteiger partial charge in [0.15, 0.2) is 5.76 Å². The molecule has 0 unspecified atom stereocenters. The molecule has 8 heteroatoms. The molecule has 0 fully saturated rings. The smallest absolute Gasteiger partial charge is 0.291 e. The van der Waals surface area contributed by atoms with Crippen LogP contribution in [0.4, 0.5) is 16.2 Å². The Hall–Kier alpha value is -3.52. The summed E-state index contributed by atoms with van der Waals surface area (Å²) in [5, 5.41) is 5.38. The first-order valence-corrected chi connectivity index (χ1v) is 9.50. The Morgan fingerprint density at radius 2 is 1.59 bits per heavy atom. The molecule has 7 nitrogen and oxygen atoms in total. The third-order valence-corrected chi connectivity index (χ3v) is 4.96. The van der Waals surface area contributed by atoms with Gasteiger partial charge in [-0.05, 0) is 60.3 Å². The van der Waals surface area contributed by atoms with E-state index >= 15 is 0 Å². The minimum atomic E-state index is -0.372. The molecule has 0 aliphatic carbocycles. The number of anilines is 2. The zero-order valence-corrected chi connectivity index (χ0v) is 16.7. The quantitative estimate of drug-likeness (QED) is 0.603. The van der Waals surface area contributed by atoms with Crippen LogP contribution in [0.25, 0.3) is 0 Å². The Kier molecular flexibility index (Phi) is 6.36. The molecule has 0 saturated carbocycles. The van der Waals surface area contributed by atoms with Gasteiger partial charge in [0, 0.05) is 30.2 Å². The highest BCUT2D eigenvalue weighted by Gasteiger charge is 2.14. The van der Waals surface area contributed by atoms with Gasteiger partial charge in [0.05, 0.1) is 12.0 Å². The lowest BCUT2D eigenvalue weighted by Gasteiger charge is -2.13. The number of carbonyl (C=O) groups excluding carboxylic acids is 3. The largest absolute Gasteiger partial charge is 0.459 e. The zero-order chi connectivity index (χ0) is 20.8. The molecule has 3 aromatic rings. The van der Waals surface area contributed by atoms with Crippen molar-refractivity contribution < 1.29 is 18.8 Å². The van der Waals surface area contributed by atoms with Gasteiger partial charge in [-0.25, -0.2) is 0 Å². The number of hydrogen-bond acceptors (Lipinski definition) is 5. The molecule has 1 aromatic heterocycles. The number of rotatable bonds is 5. The van der Waals surface area contributed by atoms with E-state index in [4.69, 9.17) is 4.42 Å². The molecule has 1 heterocycles. The maximum Gasteiger partial charge on any atom is 0.291 e. The van der Waals surface area contributed by atoms with E-state index in [1.807, 2.05) is 0 Å². The lowest BCUT2D eigenvalue weighted by Crippen LogP contribution is -2.17. The number of nitrogens with zero attached hydrogens (tertiary/aromatic N) is 1. The average molecular weight is 409 g/mol. The number of nitrogens with one attached hydrogen (secondary N) is 2. The van der Waals surface area contributed by atoms with E-state index in [1.165, 1.54) is 11.2 Å². The Labute approximate surface area is 172 Å². The van der Waals surface area contributed by atoms with Gasteiger partial charge in [0.25, 0.3) is 17.1 Å². The summed E-state index contributed by atoms with van der Waals surface area (Å²) < 4.78 is 5.04. The summed E-state index contributed by atoms with van der Waals surface area (Å²) in [5.41, 5.74) is 1.50. The molecular weight excluding hydrogens is 390 g/mol. The monoisotopic (exact) mass is 409 g/mol. The molecule has 0 aliphatic heterocycles. The molecule has 0 saturated heterocycles. The van der Waals surface area contributed by atoms with Crippen molar-refractivity contribution in [2.45, 2.75) is 4.90 Å². The Balaban J connectivity index is 1.67. The van der Waals surface area contributed by atoms with Crippen LogP contribution in [-0.4, -0.2) is 36.0 Å². The predicted octanol–water partition coefficient (Wildman–Crippen LogP) is 4.56. The van der Waals surface area contributed by atoms with E-state index in [9.17, 15) is 14.4 Å². The second-order valence-corrected chi connectivity index (χ2v) is 7.21. The van der Waals surface area contributed by atoms with Crippen molar-refractivity contribution in [3.05, 3.63) is 78.3 Å². The van der Waals surface area contributed by atoms with Crippen LogP contribution in [-0.2, 0) is 0 Å². The van der Waals surface area contributed by atoms with Gasteiger partial charge >= 0.3 is 0 Å². The molecule has 0 spiro atoms. The van der Waals surface area contributed by atoms with Crippen LogP contribution in [0.5, 0.6) is 0 Å². The minimum Gasteiger partial charge on any atom is -0.459 e. The van der Waals surface area contributed by atoms with E-state index in [0.29, 0.717) is 21.8 Å². The predicted molar refractivity (Wildman–Crippen MR) is 112 cm³/mol. The number of furan rings is 1. The van der Waals surface area contributed by atoms with Crippen LogP contribution >= 0.6 is 11.8 Å². The van der Waals surface area contributed by atoms with Crippen LogP contribution in [0.1, 0.15) is 20.9 Å². The maximum absolute atomic E-state index is 12.6. The lowest BCUT2D eigenvalue weighted by atomic mass is 10.2. The van der Waals surface area contributed by atoms with Gasteiger partial charge in [0.1, 0.15) is 0 Å². The fraction of sp³-hybridized carbons (Fsp3) is 0.0952. The number of para-hydroxylation sites is 1. The van der Waals surface area contributed by atoms with Crippen LogP contribution in [0.15, 0.2) is 76.2 Å². The number of thioether (sulfide) groups is 1. The third-order valence-electron chi connectivity index (χ3n) is 3.85. The van der Waals surface area contributed by atoms with Crippen LogP contribution < -0.4 is 10.6 Å². The Morgan fingerprint density at radius 1 is 0.862 bits per heavy atom. The topological polar surface area (TPSA) is 91.7 Å². The van der Waals surface area contributed by atoms with Gasteiger partial charge < -0.3 is 20.0 Å². The number of amides is 3. The zero-order valence-electron chi connectivity index (χ0n) is 15.8. The molecule has 3 amide bonds. The van der Waals surface area contributed by atoms with E-state index in [-0.39, 0.29) is 22.8 Å². The van der Waals surface area contributed by atoms with E-state index in [2.05, 4.69) is 10.6 Å². The molecule has 2 N–H and O–H groups in total. The molecule has 0 atom stereocenters. The summed E-state index contributed by atoms with van der Waals surface area (Å²) in [4.78, 5) is 38.7. The van der Waals surface area contributed by atoms with Crippen molar-refractivity contribution in [3.8, 4) is 0 Å². The second-order valence-electron chi connectivity index (χ2n) is 6.22. The van der Waals surface area contributed by atoms with Crippen molar-refractivity contribution in [1.82, 2.24) is 4.90 Å². The average Bonchev–Trinajstić information content (AvgIpc) is 3.25. The fourth-order valence-corrected chi connectivity index (χ4v) is 3.09. The van der Waals surface area contributed by atoms with Gasteiger partial charge in [-0.3, -0.25) is 14.4 Å². The first-order chi connectivity index (χ1) is 13.9. The molecule has 29 heavy (non-hydrogen) atoms. The van der Waals surface area contributed by atoms with Gasteiger partial charge in [-0.1, -0.05) is 12.1 Å². The first kappa shape index (κ1) is 20.2. The van der Waals surface area contributed by atoms with E-state index in [1.54, 1.807) is 74.8 Å². The van der Waals surface area contributed by atoms with Crippen molar-refractivity contribution in [3.63, 3.8) is 0 Å². The molecular formula is C21H19N3O4S. The standard InChI is InChI=1S/C21H19N3O4S/c1-24(2)21(27)29-18-8-4-3-6-16(18)23-19(25)14-9-11-15(12-10-14)22-20(26)17-7-5-13-28-17/h3-13H,1-2H3,(H,22,26)(H,23,25). The van der Waals surface area contributed by atoms with Gasteiger partial charge in [0.2, 0.25) is 0 Å². The second kappa shape index (κ2) is 9.11. The number of hydrogen-bond donors (Lipinski definition) is 2. The molecule has 0 radical (unpaired) electrons. The summed E-state index contributed by atoms with van der Waals surface area (Å²) in [6, 6.07) is 16.8. The van der Waals surface area contributed by atoms with Gasteiger partial charge in [-0.2, -0.15) is 0 Å². The third kappa shape index (κ3) is 5.26. The van der Waals surface area contributed by atoms with Gasteiger partial charge in [-0.15, -0.1) is 0 Å². The van der Waals surface area contributed by atoms with Crippen LogP contribution in [0, 0.1) is 0 Å². The molecule has 2 aromatic carbocycles. The highest BCUT2D eigenvalue weighted by atomic mass is 32.2. The maximum atomic E-state index is 12.6. The Morgan fingerprint density at radius 3 is 2.24 bits per heavy atom. The molecule has 0 bridgehead atoms. The summed E-state index contributed by atoms with van der Waals surface area (Å²) >= 11 is 1.04. The van der Waals surface area contributed by atoms with Crippen LogP contribution in [0.2, 0.25) is 0 Å². The van der Waals surface area contributed by atoms with Crippen molar-refractivity contribution >= 4 is 40.2 Å². The Bertz CT molecular complexity index is 1010. The molecule has 148 valence electrons. The summed E-state index contributed by atoms with van der Waals surface area (Å²) in [5.74, 6) is -0.490. The number of benzene rings is 2. The minimum absolute atomic E-state index is 0.136.